The first-order chi connectivity index (χ1) is 4.98. The van der Waals surface area contributed by atoms with Crippen LogP contribution in [0.3, 0.4) is 0 Å². The van der Waals surface area contributed by atoms with Crippen LogP contribution in [0.1, 0.15) is 47.0 Å². The van der Waals surface area contributed by atoms with Gasteiger partial charge in [-0.05, 0) is 30.1 Å². The van der Waals surface area contributed by atoms with Crippen molar-refractivity contribution >= 4 is 0 Å². The molecule has 0 spiro atoms. The number of hydrogen-bond acceptors (Lipinski definition) is 0. The standard InChI is InChI=1S/C11H18/c1-10(2)8-6-5-7-9(8)11(10,3)4/h5-7H2,1-4H3. The van der Waals surface area contributed by atoms with Crippen LogP contribution in [0.25, 0.3) is 0 Å². The first-order valence-electron chi connectivity index (χ1n) is 4.71. The van der Waals surface area contributed by atoms with Crippen molar-refractivity contribution in [3.8, 4) is 0 Å². The van der Waals surface area contributed by atoms with Crippen LogP contribution in [0.4, 0.5) is 0 Å². The third-order valence-corrected chi connectivity index (χ3v) is 4.29. The van der Waals surface area contributed by atoms with Gasteiger partial charge in [0.25, 0.3) is 0 Å². The molecule has 0 nitrogen and oxygen atoms in total. The molecule has 0 bridgehead atoms. The zero-order valence-electron chi connectivity index (χ0n) is 8.12. The SMILES string of the molecule is CC1(C)C2=C(CCC2)C1(C)C. The van der Waals surface area contributed by atoms with Gasteiger partial charge in [0.1, 0.15) is 0 Å². The van der Waals surface area contributed by atoms with Gasteiger partial charge in [-0.25, -0.2) is 0 Å². The molecule has 2 rings (SSSR count). The van der Waals surface area contributed by atoms with E-state index in [1.165, 1.54) is 19.3 Å². The highest BCUT2D eigenvalue weighted by Gasteiger charge is 2.53. The lowest BCUT2D eigenvalue weighted by Crippen LogP contribution is -2.44. The summed E-state index contributed by atoms with van der Waals surface area (Å²) >= 11 is 0. The van der Waals surface area contributed by atoms with E-state index in [-0.39, 0.29) is 0 Å². The monoisotopic (exact) mass is 150 g/mol. The summed E-state index contributed by atoms with van der Waals surface area (Å²) in [5, 5.41) is 0. The molecule has 62 valence electrons. The predicted molar refractivity (Wildman–Crippen MR) is 48.4 cm³/mol. The van der Waals surface area contributed by atoms with Crippen molar-refractivity contribution in [3.63, 3.8) is 0 Å². The van der Waals surface area contributed by atoms with Crippen molar-refractivity contribution in [1.82, 2.24) is 0 Å². The third-order valence-electron chi connectivity index (χ3n) is 4.29. The van der Waals surface area contributed by atoms with Gasteiger partial charge in [-0.2, -0.15) is 0 Å². The maximum atomic E-state index is 2.40. The molecule has 0 aromatic heterocycles. The zero-order valence-corrected chi connectivity index (χ0v) is 8.12. The molecule has 0 amide bonds. The molecule has 0 atom stereocenters. The van der Waals surface area contributed by atoms with Crippen molar-refractivity contribution in [2.45, 2.75) is 47.0 Å². The summed E-state index contributed by atoms with van der Waals surface area (Å²) < 4.78 is 0. The second-order valence-corrected chi connectivity index (χ2v) is 5.06. The fourth-order valence-corrected chi connectivity index (χ4v) is 2.82. The maximum absolute atomic E-state index is 2.40. The molecule has 2 aliphatic carbocycles. The van der Waals surface area contributed by atoms with Crippen molar-refractivity contribution in [3.05, 3.63) is 11.1 Å². The molecule has 0 saturated heterocycles. The summed E-state index contributed by atoms with van der Waals surface area (Å²) in [6.07, 6.45) is 4.18. The van der Waals surface area contributed by atoms with Gasteiger partial charge in [0.15, 0.2) is 0 Å². The van der Waals surface area contributed by atoms with E-state index in [0.717, 1.165) is 0 Å². The molecule has 0 fully saturated rings. The number of rotatable bonds is 0. The lowest BCUT2D eigenvalue weighted by molar-refractivity contribution is 0.142. The van der Waals surface area contributed by atoms with E-state index in [1.807, 2.05) is 0 Å². The van der Waals surface area contributed by atoms with E-state index in [4.69, 9.17) is 0 Å². The van der Waals surface area contributed by atoms with Crippen LogP contribution in [0.5, 0.6) is 0 Å². The topological polar surface area (TPSA) is 0 Å². The molecule has 11 heavy (non-hydrogen) atoms. The van der Waals surface area contributed by atoms with Crippen molar-refractivity contribution in [1.29, 1.82) is 0 Å². The van der Waals surface area contributed by atoms with E-state index in [0.29, 0.717) is 10.8 Å². The Kier molecular flexibility index (Phi) is 1.16. The summed E-state index contributed by atoms with van der Waals surface area (Å²) in [5.74, 6) is 0. The van der Waals surface area contributed by atoms with Gasteiger partial charge in [-0.15, -0.1) is 0 Å². The fourth-order valence-electron chi connectivity index (χ4n) is 2.82. The summed E-state index contributed by atoms with van der Waals surface area (Å²) in [6.45, 7) is 9.60. The Labute approximate surface area is 69.7 Å². The molecule has 0 unspecified atom stereocenters. The van der Waals surface area contributed by atoms with E-state index in [1.54, 1.807) is 11.1 Å². The lowest BCUT2D eigenvalue weighted by atomic mass is 9.50. The molecule has 2 aliphatic rings. The highest BCUT2D eigenvalue weighted by molar-refractivity contribution is 5.43. The van der Waals surface area contributed by atoms with E-state index >= 15 is 0 Å². The molecular weight excluding hydrogens is 132 g/mol. The fraction of sp³-hybridized carbons (Fsp3) is 0.818. The van der Waals surface area contributed by atoms with Crippen LogP contribution in [0.15, 0.2) is 11.1 Å². The maximum Gasteiger partial charge on any atom is -0.00534 e. The van der Waals surface area contributed by atoms with Gasteiger partial charge in [0.05, 0.1) is 0 Å². The minimum absolute atomic E-state index is 0.499. The Morgan fingerprint density at radius 3 is 1.55 bits per heavy atom. The Morgan fingerprint density at radius 2 is 1.18 bits per heavy atom. The van der Waals surface area contributed by atoms with Crippen LogP contribution in [0, 0.1) is 10.8 Å². The van der Waals surface area contributed by atoms with E-state index in [2.05, 4.69) is 27.7 Å². The summed E-state index contributed by atoms with van der Waals surface area (Å²) in [5.41, 5.74) is 4.56. The number of hydrogen-bond donors (Lipinski definition) is 0. The summed E-state index contributed by atoms with van der Waals surface area (Å²) in [4.78, 5) is 0. The summed E-state index contributed by atoms with van der Waals surface area (Å²) in [7, 11) is 0. The molecular formula is C11H18. The average Bonchev–Trinajstić information content (AvgIpc) is 2.32. The molecule has 0 aromatic carbocycles. The normalized spacial score (nSPS) is 31.6. The van der Waals surface area contributed by atoms with Gasteiger partial charge in [-0.1, -0.05) is 38.8 Å². The molecule has 0 heterocycles. The molecule has 0 aliphatic heterocycles. The van der Waals surface area contributed by atoms with Crippen LogP contribution in [-0.2, 0) is 0 Å². The van der Waals surface area contributed by atoms with Crippen LogP contribution in [0.2, 0.25) is 0 Å². The molecule has 0 saturated carbocycles. The molecule has 0 N–H and O–H groups in total. The average molecular weight is 150 g/mol. The van der Waals surface area contributed by atoms with Gasteiger partial charge in [0, 0.05) is 0 Å². The third kappa shape index (κ3) is 0.617. The van der Waals surface area contributed by atoms with Gasteiger partial charge >= 0.3 is 0 Å². The predicted octanol–water partition coefficient (Wildman–Crippen LogP) is 3.53. The van der Waals surface area contributed by atoms with Gasteiger partial charge < -0.3 is 0 Å². The van der Waals surface area contributed by atoms with Crippen molar-refractivity contribution < 1.29 is 0 Å². The van der Waals surface area contributed by atoms with Crippen molar-refractivity contribution in [2.75, 3.05) is 0 Å². The van der Waals surface area contributed by atoms with E-state index in [9.17, 15) is 0 Å². The summed E-state index contributed by atoms with van der Waals surface area (Å²) in [6, 6.07) is 0. The van der Waals surface area contributed by atoms with Crippen LogP contribution < -0.4 is 0 Å². The first-order valence-corrected chi connectivity index (χ1v) is 4.71. The Bertz CT molecular complexity index is 204. The van der Waals surface area contributed by atoms with Crippen LogP contribution in [-0.4, -0.2) is 0 Å². The number of allylic oxidation sites excluding steroid dienone is 2. The minimum Gasteiger partial charge on any atom is -0.0639 e. The van der Waals surface area contributed by atoms with Gasteiger partial charge in [-0.3, -0.25) is 0 Å². The Hall–Kier alpha value is -0.260. The zero-order chi connectivity index (χ0) is 8.28. The minimum atomic E-state index is 0.499. The van der Waals surface area contributed by atoms with Crippen molar-refractivity contribution in [2.24, 2.45) is 10.8 Å². The molecule has 0 radical (unpaired) electrons. The highest BCUT2D eigenvalue weighted by Crippen LogP contribution is 2.65. The smallest absolute Gasteiger partial charge is 0.00534 e. The largest absolute Gasteiger partial charge is 0.0639 e. The Balaban J connectivity index is 2.44. The van der Waals surface area contributed by atoms with E-state index < -0.39 is 0 Å². The lowest BCUT2D eigenvalue weighted by Gasteiger charge is -2.54. The molecule has 0 heteroatoms. The van der Waals surface area contributed by atoms with Crippen LogP contribution >= 0.6 is 0 Å². The quantitative estimate of drug-likeness (QED) is 0.463. The molecule has 0 aromatic rings. The highest BCUT2D eigenvalue weighted by atomic mass is 14.6. The Morgan fingerprint density at radius 1 is 0.818 bits per heavy atom. The van der Waals surface area contributed by atoms with Gasteiger partial charge in [0.2, 0.25) is 0 Å². The first kappa shape index (κ1) is 7.39. The second kappa shape index (κ2) is 1.73. The second-order valence-electron chi connectivity index (χ2n) is 5.06.